The van der Waals surface area contributed by atoms with E-state index in [0.29, 0.717) is 5.25 Å². The Hall–Kier alpha value is -1.50. The van der Waals surface area contributed by atoms with E-state index in [4.69, 9.17) is 0 Å². The third kappa shape index (κ3) is 2.53. The number of rotatable bonds is 2. The van der Waals surface area contributed by atoms with Crippen LogP contribution in [0.4, 0.5) is 0 Å². The fourth-order valence-corrected chi connectivity index (χ4v) is 11.0. The Bertz CT molecular complexity index is 1600. The molecule has 0 saturated carbocycles. The van der Waals surface area contributed by atoms with Crippen molar-refractivity contribution in [1.29, 1.82) is 0 Å². The Kier molecular flexibility index (Phi) is 4.07. The number of hydrogen-bond donors (Lipinski definition) is 0. The van der Waals surface area contributed by atoms with Crippen LogP contribution in [0, 0.1) is 0 Å². The van der Waals surface area contributed by atoms with E-state index >= 15 is 0 Å². The van der Waals surface area contributed by atoms with Gasteiger partial charge < -0.3 is 0 Å². The maximum absolute atomic E-state index is 2.48. The van der Waals surface area contributed by atoms with Gasteiger partial charge in [0.15, 0.2) is 0 Å². The van der Waals surface area contributed by atoms with Crippen LogP contribution in [-0.2, 0) is 6.42 Å². The van der Waals surface area contributed by atoms with Crippen molar-refractivity contribution >= 4 is 96.5 Å². The molecule has 1 atom stereocenters. The summed E-state index contributed by atoms with van der Waals surface area (Å²) in [4.78, 5) is 2.89. The third-order valence-electron chi connectivity index (χ3n) is 5.95. The van der Waals surface area contributed by atoms with Gasteiger partial charge in [-0.05, 0) is 48.1 Å². The van der Waals surface area contributed by atoms with Gasteiger partial charge in [0.2, 0.25) is 0 Å². The molecule has 0 amide bonds. The summed E-state index contributed by atoms with van der Waals surface area (Å²) in [5.74, 6) is 0. The Labute approximate surface area is 194 Å². The summed E-state index contributed by atoms with van der Waals surface area (Å²) in [7, 11) is 0. The molecule has 0 saturated heterocycles. The van der Waals surface area contributed by atoms with Gasteiger partial charge >= 0.3 is 0 Å². The van der Waals surface area contributed by atoms with Gasteiger partial charge in [-0.25, -0.2) is 0 Å². The van der Waals surface area contributed by atoms with Crippen LogP contribution in [0.3, 0.4) is 0 Å². The van der Waals surface area contributed by atoms with Crippen LogP contribution in [0.15, 0.2) is 70.5 Å². The van der Waals surface area contributed by atoms with E-state index in [0.717, 1.165) is 6.42 Å². The van der Waals surface area contributed by atoms with E-state index in [9.17, 15) is 0 Å². The monoisotopic (exact) mass is 476 g/mol. The maximum Gasteiger partial charge on any atom is 0.0642 e. The summed E-state index contributed by atoms with van der Waals surface area (Å²) in [6.07, 6.45) is 3.32. The van der Waals surface area contributed by atoms with Gasteiger partial charge in [0.1, 0.15) is 0 Å². The zero-order valence-corrected chi connectivity index (χ0v) is 20.2. The number of hydrogen-bond acceptors (Lipinski definition) is 5. The van der Waals surface area contributed by atoms with Crippen LogP contribution >= 0.6 is 57.5 Å². The third-order valence-corrected chi connectivity index (χ3v) is 12.1. The summed E-state index contributed by atoms with van der Waals surface area (Å²) < 4.78 is 8.79. The van der Waals surface area contributed by atoms with Gasteiger partial charge in [-0.3, -0.25) is 0 Å². The van der Waals surface area contributed by atoms with Crippen molar-refractivity contribution in [3.63, 3.8) is 0 Å². The van der Waals surface area contributed by atoms with Crippen molar-refractivity contribution < 1.29 is 0 Å². The number of benzene rings is 3. The fourth-order valence-electron chi connectivity index (χ4n) is 4.54. The molecule has 0 spiro atoms. The minimum Gasteiger partial charge on any atom is -0.133 e. The highest BCUT2D eigenvalue weighted by Crippen LogP contribution is 2.54. The first-order valence-corrected chi connectivity index (χ1v) is 14.4. The predicted octanol–water partition coefficient (Wildman–Crippen LogP) is 9.60. The average molecular weight is 477 g/mol. The standard InChI is InChI=1S/C25H16S5/c1-26-17-8-4-2-6-14(17)20-10-13-11-21-16(12-19(13)27-20)23-25(29-21)24-22(30-23)15-7-3-5-9-18(15)28-24/h2-9,11-12,20H,10H2,1H3. The summed E-state index contributed by atoms with van der Waals surface area (Å²) in [6, 6.07) is 22.7. The molecule has 0 N–H and O–H groups in total. The summed E-state index contributed by atoms with van der Waals surface area (Å²) >= 11 is 9.86. The van der Waals surface area contributed by atoms with Crippen molar-refractivity contribution in [3.05, 3.63) is 71.8 Å². The van der Waals surface area contributed by atoms with Gasteiger partial charge in [-0.2, -0.15) is 0 Å². The molecule has 0 fully saturated rings. The van der Waals surface area contributed by atoms with Gasteiger partial charge in [0.05, 0.1) is 18.8 Å². The lowest BCUT2D eigenvalue weighted by atomic mass is 10.0. The Morgan fingerprint density at radius 2 is 1.53 bits per heavy atom. The van der Waals surface area contributed by atoms with E-state index in [2.05, 4.69) is 78.7 Å². The normalized spacial score (nSPS) is 16.4. The zero-order chi connectivity index (χ0) is 19.8. The molecule has 5 heteroatoms. The van der Waals surface area contributed by atoms with Crippen molar-refractivity contribution in [2.24, 2.45) is 0 Å². The summed E-state index contributed by atoms with van der Waals surface area (Å²) in [6.45, 7) is 0. The molecule has 3 aromatic heterocycles. The van der Waals surface area contributed by atoms with E-state index in [1.807, 2.05) is 45.8 Å². The molecule has 146 valence electrons. The smallest absolute Gasteiger partial charge is 0.0642 e. The predicted molar refractivity (Wildman–Crippen MR) is 141 cm³/mol. The zero-order valence-electron chi connectivity index (χ0n) is 16.1. The van der Waals surface area contributed by atoms with Crippen LogP contribution in [0.1, 0.15) is 16.4 Å². The van der Waals surface area contributed by atoms with E-state index in [1.165, 1.54) is 59.9 Å². The van der Waals surface area contributed by atoms with Crippen LogP contribution in [0.25, 0.3) is 39.0 Å². The molecule has 1 aliphatic rings. The SMILES string of the molecule is CSc1ccccc1C1Cc2cc3sc4c(sc5c6ccccc6sc54)c3cc2S1. The molecule has 0 aliphatic carbocycles. The van der Waals surface area contributed by atoms with Crippen LogP contribution in [0.2, 0.25) is 0 Å². The number of thioether (sulfide) groups is 2. The summed E-state index contributed by atoms with van der Waals surface area (Å²) in [5.41, 5.74) is 3.01. The van der Waals surface area contributed by atoms with Crippen LogP contribution in [-0.4, -0.2) is 6.26 Å². The Balaban J connectivity index is 1.38. The first kappa shape index (κ1) is 18.1. The van der Waals surface area contributed by atoms with E-state index in [1.54, 1.807) is 0 Å². The van der Waals surface area contributed by atoms with E-state index in [-0.39, 0.29) is 0 Å². The number of thiophene rings is 3. The molecule has 0 radical (unpaired) electrons. The largest absolute Gasteiger partial charge is 0.133 e. The van der Waals surface area contributed by atoms with Gasteiger partial charge in [0.25, 0.3) is 0 Å². The van der Waals surface area contributed by atoms with Crippen molar-refractivity contribution in [2.75, 3.05) is 6.26 Å². The minimum absolute atomic E-state index is 0.534. The van der Waals surface area contributed by atoms with Gasteiger partial charge in [-0.15, -0.1) is 57.5 Å². The molecule has 0 nitrogen and oxygen atoms in total. The molecule has 1 unspecified atom stereocenters. The van der Waals surface area contributed by atoms with Gasteiger partial charge in [-0.1, -0.05) is 36.4 Å². The molecule has 6 aromatic rings. The molecule has 0 bridgehead atoms. The molecule has 3 aromatic carbocycles. The summed E-state index contributed by atoms with van der Waals surface area (Å²) in [5, 5.41) is 3.41. The first-order valence-electron chi connectivity index (χ1n) is 9.89. The second kappa shape index (κ2) is 6.75. The van der Waals surface area contributed by atoms with Crippen molar-refractivity contribution in [1.82, 2.24) is 0 Å². The van der Waals surface area contributed by atoms with E-state index < -0.39 is 0 Å². The topological polar surface area (TPSA) is 0 Å². The lowest BCUT2D eigenvalue weighted by Gasteiger charge is -2.12. The molecule has 4 heterocycles. The molecular formula is C25H16S5. The first-order chi connectivity index (χ1) is 14.8. The number of fused-ring (bicyclic) bond motifs is 8. The highest BCUT2D eigenvalue weighted by molar-refractivity contribution is 8.00. The highest BCUT2D eigenvalue weighted by Gasteiger charge is 2.27. The fraction of sp³-hybridized carbons (Fsp3) is 0.120. The van der Waals surface area contributed by atoms with Crippen LogP contribution in [0.5, 0.6) is 0 Å². The lowest BCUT2D eigenvalue weighted by Crippen LogP contribution is -1.94. The Morgan fingerprint density at radius 1 is 0.767 bits per heavy atom. The minimum atomic E-state index is 0.534. The Morgan fingerprint density at radius 3 is 2.43 bits per heavy atom. The van der Waals surface area contributed by atoms with Crippen molar-refractivity contribution in [3.8, 4) is 0 Å². The van der Waals surface area contributed by atoms with Gasteiger partial charge in [0, 0.05) is 35.2 Å². The second-order valence-electron chi connectivity index (χ2n) is 7.63. The molecule has 1 aliphatic heterocycles. The highest BCUT2D eigenvalue weighted by atomic mass is 32.2. The molecule has 30 heavy (non-hydrogen) atoms. The molecule has 7 rings (SSSR count). The second-order valence-corrected chi connectivity index (χ2v) is 12.8. The quantitative estimate of drug-likeness (QED) is 0.228. The maximum atomic E-state index is 2.48. The van der Waals surface area contributed by atoms with Crippen LogP contribution < -0.4 is 0 Å². The van der Waals surface area contributed by atoms with Crippen molar-refractivity contribution in [2.45, 2.75) is 21.5 Å². The average Bonchev–Trinajstić information content (AvgIpc) is 3.51. The lowest BCUT2D eigenvalue weighted by molar-refractivity contribution is 0.927. The molecular weight excluding hydrogens is 461 g/mol.